The molecule has 0 aliphatic rings. The SMILES string of the molecule is CC(C)=C(C)/C(Cl)=C\P(=O)(Cl)Cl. The third-order valence-electron chi connectivity index (χ3n) is 1.37. The highest BCUT2D eigenvalue weighted by molar-refractivity contribution is 8.10. The molecule has 0 aliphatic heterocycles. The Kier molecular flexibility index (Phi) is 4.94. The van der Waals surface area contributed by atoms with Gasteiger partial charge in [0.15, 0.2) is 0 Å². The molecule has 70 valence electrons. The molecule has 0 spiro atoms. The summed E-state index contributed by atoms with van der Waals surface area (Å²) < 4.78 is 10.9. The Morgan fingerprint density at radius 1 is 1.25 bits per heavy atom. The predicted octanol–water partition coefficient (Wildman–Crippen LogP) is 5.09. The Hall–Kier alpha value is 0.580. The molecule has 0 N–H and O–H groups in total. The van der Waals surface area contributed by atoms with Crippen molar-refractivity contribution in [1.29, 1.82) is 0 Å². The molecule has 0 aromatic heterocycles. The number of halogens is 3. The van der Waals surface area contributed by atoms with Crippen LogP contribution < -0.4 is 0 Å². The van der Waals surface area contributed by atoms with E-state index in [9.17, 15) is 4.57 Å². The van der Waals surface area contributed by atoms with Gasteiger partial charge in [0.25, 0.3) is 5.85 Å². The first-order valence-electron chi connectivity index (χ1n) is 3.26. The van der Waals surface area contributed by atoms with Crippen LogP contribution in [0.25, 0.3) is 0 Å². The lowest BCUT2D eigenvalue weighted by molar-refractivity contribution is 0.597. The van der Waals surface area contributed by atoms with E-state index in [-0.39, 0.29) is 0 Å². The zero-order valence-corrected chi connectivity index (χ0v) is 10.2. The maximum atomic E-state index is 10.9. The third kappa shape index (κ3) is 5.27. The van der Waals surface area contributed by atoms with Crippen LogP contribution in [0.4, 0.5) is 0 Å². The summed E-state index contributed by atoms with van der Waals surface area (Å²) in [5.74, 6) is -2.02. The maximum absolute atomic E-state index is 10.9. The average Bonchev–Trinajstić information content (AvgIpc) is 1.82. The summed E-state index contributed by atoms with van der Waals surface area (Å²) in [5.41, 5.74) is 1.89. The Bertz CT molecular complexity index is 270. The minimum absolute atomic E-state index is 0.350. The lowest BCUT2D eigenvalue weighted by Gasteiger charge is -2.01. The molecular weight excluding hydrogens is 237 g/mol. The zero-order chi connectivity index (χ0) is 9.94. The third-order valence-corrected chi connectivity index (χ3v) is 3.06. The number of hydrogen-bond donors (Lipinski definition) is 0. The normalized spacial score (nSPS) is 13.0. The molecule has 0 saturated heterocycles. The van der Waals surface area contributed by atoms with Crippen LogP contribution in [0.15, 0.2) is 22.0 Å². The number of rotatable bonds is 2. The van der Waals surface area contributed by atoms with Crippen molar-refractivity contribution in [3.63, 3.8) is 0 Å². The first-order chi connectivity index (χ1) is 5.24. The molecule has 12 heavy (non-hydrogen) atoms. The molecule has 0 heterocycles. The van der Waals surface area contributed by atoms with Gasteiger partial charge in [-0.2, -0.15) is 0 Å². The van der Waals surface area contributed by atoms with Gasteiger partial charge in [0.05, 0.1) is 0 Å². The van der Waals surface area contributed by atoms with Crippen molar-refractivity contribution in [2.75, 3.05) is 0 Å². The van der Waals surface area contributed by atoms with Crippen LogP contribution >= 0.6 is 39.9 Å². The average molecular weight is 247 g/mol. The van der Waals surface area contributed by atoms with E-state index in [1.807, 2.05) is 20.8 Å². The Morgan fingerprint density at radius 3 is 1.92 bits per heavy atom. The van der Waals surface area contributed by atoms with Crippen molar-refractivity contribution < 1.29 is 4.57 Å². The van der Waals surface area contributed by atoms with E-state index in [0.717, 1.165) is 11.1 Å². The highest BCUT2D eigenvalue weighted by Crippen LogP contribution is 2.59. The van der Waals surface area contributed by atoms with Gasteiger partial charge in [-0.25, -0.2) is 0 Å². The van der Waals surface area contributed by atoms with Crippen LogP contribution in [0.2, 0.25) is 0 Å². The second-order valence-corrected chi connectivity index (χ2v) is 7.81. The standard InChI is InChI=1S/C7H10Cl3OP/c1-5(2)6(3)7(8)4-12(9,10)11/h4H,1-3H3/b7-4+. The largest absolute Gasteiger partial charge is 0.285 e. The van der Waals surface area contributed by atoms with Crippen LogP contribution in [0.5, 0.6) is 0 Å². The van der Waals surface area contributed by atoms with Gasteiger partial charge < -0.3 is 0 Å². The van der Waals surface area contributed by atoms with Crippen LogP contribution in [-0.4, -0.2) is 0 Å². The molecule has 0 bridgehead atoms. The van der Waals surface area contributed by atoms with E-state index in [2.05, 4.69) is 0 Å². The van der Waals surface area contributed by atoms with Gasteiger partial charge in [0.2, 0.25) is 0 Å². The van der Waals surface area contributed by atoms with Crippen molar-refractivity contribution in [1.82, 2.24) is 0 Å². The predicted molar refractivity (Wildman–Crippen MR) is 57.3 cm³/mol. The molecule has 1 nitrogen and oxygen atoms in total. The molecule has 0 atom stereocenters. The van der Waals surface area contributed by atoms with Gasteiger partial charge in [0.1, 0.15) is 0 Å². The Balaban J connectivity index is 4.86. The molecule has 5 heteroatoms. The van der Waals surface area contributed by atoms with E-state index in [1.165, 1.54) is 5.82 Å². The summed E-state index contributed by atoms with van der Waals surface area (Å²) in [4.78, 5) is 0. The number of allylic oxidation sites excluding steroid dienone is 3. The summed E-state index contributed by atoms with van der Waals surface area (Å²) in [6, 6.07) is 0. The molecule has 0 saturated carbocycles. The molecule has 0 fully saturated rings. The fraction of sp³-hybridized carbons (Fsp3) is 0.429. The van der Waals surface area contributed by atoms with Gasteiger partial charge >= 0.3 is 0 Å². The fourth-order valence-corrected chi connectivity index (χ4v) is 2.41. The van der Waals surface area contributed by atoms with Gasteiger partial charge in [0, 0.05) is 10.8 Å². The van der Waals surface area contributed by atoms with Crippen LogP contribution in [0, 0.1) is 0 Å². The van der Waals surface area contributed by atoms with Crippen molar-refractivity contribution in [2.45, 2.75) is 20.8 Å². The second-order valence-electron chi connectivity index (χ2n) is 2.60. The van der Waals surface area contributed by atoms with Gasteiger partial charge in [-0.3, -0.25) is 4.57 Å². The Labute approximate surface area is 87.3 Å². The lowest BCUT2D eigenvalue weighted by atomic mass is 10.2. The van der Waals surface area contributed by atoms with Crippen molar-refractivity contribution in [3.05, 3.63) is 22.0 Å². The first kappa shape index (κ1) is 12.6. The minimum Gasteiger partial charge on any atom is -0.285 e. The smallest absolute Gasteiger partial charge is 0.276 e. The highest BCUT2D eigenvalue weighted by atomic mass is 35.9. The molecule has 0 amide bonds. The van der Waals surface area contributed by atoms with E-state index in [4.69, 9.17) is 34.1 Å². The van der Waals surface area contributed by atoms with E-state index in [0.29, 0.717) is 5.03 Å². The van der Waals surface area contributed by atoms with E-state index in [1.54, 1.807) is 0 Å². The fourth-order valence-electron chi connectivity index (χ4n) is 0.468. The van der Waals surface area contributed by atoms with E-state index < -0.39 is 5.85 Å². The summed E-state index contributed by atoms with van der Waals surface area (Å²) >= 11 is 16.4. The lowest BCUT2D eigenvalue weighted by Crippen LogP contribution is -1.78. The summed E-state index contributed by atoms with van der Waals surface area (Å²) in [6.07, 6.45) is 0. The zero-order valence-electron chi connectivity index (χ0n) is 7.07. The monoisotopic (exact) mass is 246 g/mol. The highest BCUT2D eigenvalue weighted by Gasteiger charge is 2.11. The second kappa shape index (κ2) is 4.72. The van der Waals surface area contributed by atoms with Crippen molar-refractivity contribution >= 4 is 39.9 Å². The van der Waals surface area contributed by atoms with Crippen LogP contribution in [-0.2, 0) is 4.57 Å². The molecule has 0 aromatic rings. The molecule has 0 rings (SSSR count). The van der Waals surface area contributed by atoms with Gasteiger partial charge in [-0.1, -0.05) is 17.2 Å². The molecular formula is C7H10Cl3OP. The molecule has 0 unspecified atom stereocenters. The summed E-state index contributed by atoms with van der Waals surface area (Å²) in [6.45, 7) is 5.62. The first-order valence-corrected chi connectivity index (χ1v) is 7.22. The topological polar surface area (TPSA) is 17.1 Å². The van der Waals surface area contributed by atoms with Crippen molar-refractivity contribution in [3.8, 4) is 0 Å². The van der Waals surface area contributed by atoms with Crippen LogP contribution in [0.1, 0.15) is 20.8 Å². The quantitative estimate of drug-likeness (QED) is 0.490. The van der Waals surface area contributed by atoms with Gasteiger partial charge in [-0.05, 0) is 48.8 Å². The van der Waals surface area contributed by atoms with Crippen LogP contribution in [0.3, 0.4) is 0 Å². The minimum atomic E-state index is -3.20. The summed E-state index contributed by atoms with van der Waals surface area (Å²) in [5, 5.41) is 0.350. The summed E-state index contributed by atoms with van der Waals surface area (Å²) in [7, 11) is 0. The van der Waals surface area contributed by atoms with Crippen molar-refractivity contribution in [2.24, 2.45) is 0 Å². The Morgan fingerprint density at radius 2 is 1.67 bits per heavy atom. The maximum Gasteiger partial charge on any atom is 0.276 e. The molecule has 0 radical (unpaired) electrons. The van der Waals surface area contributed by atoms with Gasteiger partial charge in [-0.15, -0.1) is 0 Å². The molecule has 0 aliphatic carbocycles. The van der Waals surface area contributed by atoms with E-state index >= 15 is 0 Å². The number of hydrogen-bond acceptors (Lipinski definition) is 1. The molecule has 0 aromatic carbocycles.